The molecule has 0 aromatic heterocycles. The van der Waals surface area contributed by atoms with E-state index >= 15 is 0 Å². The normalized spacial score (nSPS) is 18.3. The minimum absolute atomic E-state index is 0.0486. The minimum atomic E-state index is -0.939. The Morgan fingerprint density at radius 1 is 0.923 bits per heavy atom. The monoisotopic (exact) mass is 529 g/mol. The second-order valence-corrected chi connectivity index (χ2v) is 10.4. The van der Waals surface area contributed by atoms with E-state index < -0.39 is 17.7 Å². The zero-order valence-electron chi connectivity index (χ0n) is 22.6. The number of anilines is 1. The zero-order chi connectivity index (χ0) is 27.9. The van der Waals surface area contributed by atoms with Crippen molar-refractivity contribution < 1.29 is 33.6 Å². The first kappa shape index (κ1) is 26.2. The van der Waals surface area contributed by atoms with Crippen LogP contribution in [0.1, 0.15) is 43.5 Å². The first-order valence-corrected chi connectivity index (χ1v) is 12.7. The molecule has 0 spiro atoms. The predicted molar refractivity (Wildman–Crippen MR) is 147 cm³/mol. The van der Waals surface area contributed by atoms with Gasteiger partial charge in [-0.15, -0.1) is 0 Å². The van der Waals surface area contributed by atoms with Crippen LogP contribution in [0.15, 0.2) is 66.2 Å². The number of ether oxygens (including phenoxy) is 4. The van der Waals surface area contributed by atoms with Gasteiger partial charge < -0.3 is 24.1 Å². The summed E-state index contributed by atoms with van der Waals surface area (Å²) in [5, 5.41) is 11.7. The Kier molecular flexibility index (Phi) is 6.72. The highest BCUT2D eigenvalue weighted by Crippen LogP contribution is 2.46. The molecule has 1 saturated heterocycles. The van der Waals surface area contributed by atoms with Crippen molar-refractivity contribution in [3.8, 4) is 23.0 Å². The zero-order valence-corrected chi connectivity index (χ0v) is 22.6. The third kappa shape index (κ3) is 4.67. The lowest BCUT2D eigenvalue weighted by Crippen LogP contribution is -2.29. The van der Waals surface area contributed by atoms with Gasteiger partial charge in [-0.25, -0.2) is 0 Å². The summed E-state index contributed by atoms with van der Waals surface area (Å²) in [4.78, 5) is 28.7. The Bertz CT molecular complexity index is 1480. The molecule has 0 aliphatic carbocycles. The van der Waals surface area contributed by atoms with Crippen molar-refractivity contribution in [1.82, 2.24) is 0 Å². The van der Waals surface area contributed by atoms with Gasteiger partial charge in [0.15, 0.2) is 11.5 Å². The van der Waals surface area contributed by atoms with Crippen LogP contribution in [0.5, 0.6) is 23.0 Å². The van der Waals surface area contributed by atoms with Crippen molar-refractivity contribution in [2.24, 2.45) is 0 Å². The van der Waals surface area contributed by atoms with Crippen LogP contribution in [0.2, 0.25) is 0 Å². The molecule has 1 unspecified atom stereocenters. The lowest BCUT2D eigenvalue weighted by molar-refractivity contribution is -0.132. The lowest BCUT2D eigenvalue weighted by Gasteiger charge is -2.27. The summed E-state index contributed by atoms with van der Waals surface area (Å²) in [6.07, 6.45) is 0. The molecule has 1 N–H and O–H groups in total. The number of hydrogen-bond donors (Lipinski definition) is 1. The fourth-order valence-corrected chi connectivity index (χ4v) is 4.91. The molecule has 1 atom stereocenters. The Balaban J connectivity index is 1.75. The number of methoxy groups -OCH3 is 2. The number of benzene rings is 3. The van der Waals surface area contributed by atoms with Gasteiger partial charge in [0.2, 0.25) is 0 Å². The molecular weight excluding hydrogens is 498 g/mol. The van der Waals surface area contributed by atoms with Gasteiger partial charge in [-0.1, -0.05) is 39.0 Å². The smallest absolute Gasteiger partial charge is 0.300 e. The van der Waals surface area contributed by atoms with Crippen LogP contribution >= 0.6 is 0 Å². The number of amides is 1. The van der Waals surface area contributed by atoms with E-state index in [1.165, 1.54) is 12.0 Å². The summed E-state index contributed by atoms with van der Waals surface area (Å²) in [7, 11) is 3.04. The standard InChI is InChI=1S/C31H31NO7/c1-31(2,3)19-9-11-23(37-5)22(16-19)28(33)26-27(18-7-6-8-21(15-18)36-4)32(30(35)29(26)34)20-10-12-24-25(17-20)39-14-13-38-24/h6-12,15-17,27,33H,13-14H2,1-5H3/b28-26+. The highest BCUT2D eigenvalue weighted by atomic mass is 16.6. The number of aliphatic hydroxyl groups is 1. The molecule has 202 valence electrons. The first-order chi connectivity index (χ1) is 18.6. The van der Waals surface area contributed by atoms with Crippen LogP contribution < -0.4 is 23.8 Å². The van der Waals surface area contributed by atoms with E-state index in [1.807, 2.05) is 6.07 Å². The minimum Gasteiger partial charge on any atom is -0.507 e. The summed E-state index contributed by atoms with van der Waals surface area (Å²) >= 11 is 0. The van der Waals surface area contributed by atoms with Gasteiger partial charge in [0.25, 0.3) is 11.7 Å². The molecule has 2 heterocycles. The number of ketones is 1. The molecule has 3 aromatic carbocycles. The molecule has 39 heavy (non-hydrogen) atoms. The molecule has 5 rings (SSSR count). The average Bonchev–Trinajstić information content (AvgIpc) is 3.21. The maximum absolute atomic E-state index is 13.7. The van der Waals surface area contributed by atoms with Gasteiger partial charge in [0.05, 0.1) is 31.4 Å². The van der Waals surface area contributed by atoms with Gasteiger partial charge in [0, 0.05) is 11.8 Å². The van der Waals surface area contributed by atoms with Crippen LogP contribution in [-0.4, -0.2) is 44.2 Å². The van der Waals surface area contributed by atoms with Crippen molar-refractivity contribution in [3.63, 3.8) is 0 Å². The van der Waals surface area contributed by atoms with E-state index in [4.69, 9.17) is 18.9 Å². The highest BCUT2D eigenvalue weighted by molar-refractivity contribution is 6.51. The van der Waals surface area contributed by atoms with Crippen molar-refractivity contribution in [3.05, 3.63) is 82.9 Å². The van der Waals surface area contributed by atoms with E-state index in [0.717, 1.165) is 5.56 Å². The molecule has 0 bridgehead atoms. The molecule has 1 amide bonds. The van der Waals surface area contributed by atoms with Gasteiger partial charge >= 0.3 is 0 Å². The molecular formula is C31H31NO7. The van der Waals surface area contributed by atoms with Gasteiger partial charge in [-0.05, 0) is 52.9 Å². The Morgan fingerprint density at radius 2 is 1.67 bits per heavy atom. The third-order valence-corrected chi connectivity index (χ3v) is 6.98. The van der Waals surface area contributed by atoms with E-state index in [9.17, 15) is 14.7 Å². The van der Waals surface area contributed by atoms with E-state index in [1.54, 1.807) is 61.7 Å². The Morgan fingerprint density at radius 3 is 2.36 bits per heavy atom. The summed E-state index contributed by atoms with van der Waals surface area (Å²) in [6.45, 7) is 6.95. The number of carbonyl (C=O) groups excluding carboxylic acids is 2. The molecule has 3 aromatic rings. The quantitative estimate of drug-likeness (QED) is 0.269. The fourth-order valence-electron chi connectivity index (χ4n) is 4.91. The van der Waals surface area contributed by atoms with Gasteiger partial charge in [0.1, 0.15) is 30.5 Å². The molecule has 1 fully saturated rings. The summed E-state index contributed by atoms with van der Waals surface area (Å²) in [5.41, 5.74) is 2.01. The van der Waals surface area contributed by atoms with Crippen LogP contribution in [0, 0.1) is 0 Å². The van der Waals surface area contributed by atoms with E-state index in [-0.39, 0.29) is 16.7 Å². The molecule has 8 heteroatoms. The van der Waals surface area contributed by atoms with Crippen LogP contribution in [0.25, 0.3) is 5.76 Å². The molecule has 0 radical (unpaired) electrons. The summed E-state index contributed by atoms with van der Waals surface area (Å²) < 4.78 is 22.4. The maximum Gasteiger partial charge on any atom is 0.300 e. The van der Waals surface area contributed by atoms with Crippen molar-refractivity contribution in [2.45, 2.75) is 32.2 Å². The van der Waals surface area contributed by atoms with Crippen LogP contribution in [-0.2, 0) is 15.0 Å². The van der Waals surface area contributed by atoms with E-state index in [2.05, 4.69) is 20.8 Å². The lowest BCUT2D eigenvalue weighted by atomic mass is 9.85. The Hall–Kier alpha value is -4.46. The van der Waals surface area contributed by atoms with Crippen LogP contribution in [0.3, 0.4) is 0 Å². The highest BCUT2D eigenvalue weighted by Gasteiger charge is 2.47. The largest absolute Gasteiger partial charge is 0.507 e. The van der Waals surface area contributed by atoms with Crippen LogP contribution in [0.4, 0.5) is 5.69 Å². The SMILES string of the molecule is COc1cccc(C2/C(=C(\O)c3cc(C(C)(C)C)ccc3OC)C(=O)C(=O)N2c2ccc3c(c2)OCCO3)c1. The maximum atomic E-state index is 13.7. The van der Waals surface area contributed by atoms with Crippen molar-refractivity contribution in [2.75, 3.05) is 32.3 Å². The second kappa shape index (κ2) is 10.0. The molecule has 0 saturated carbocycles. The topological polar surface area (TPSA) is 94.5 Å². The predicted octanol–water partition coefficient (Wildman–Crippen LogP) is 5.40. The van der Waals surface area contributed by atoms with Gasteiger partial charge in [-0.2, -0.15) is 0 Å². The number of aliphatic hydroxyl groups excluding tert-OH is 1. The number of nitrogens with zero attached hydrogens (tertiary/aromatic N) is 1. The number of carbonyl (C=O) groups is 2. The number of hydrogen-bond acceptors (Lipinski definition) is 7. The second-order valence-electron chi connectivity index (χ2n) is 10.4. The number of Topliss-reactive ketones (excluding diaryl/α,β-unsaturated/α-hetero) is 1. The number of rotatable bonds is 5. The average molecular weight is 530 g/mol. The van der Waals surface area contributed by atoms with Crippen molar-refractivity contribution in [1.29, 1.82) is 0 Å². The fraction of sp³-hybridized carbons (Fsp3) is 0.290. The summed E-state index contributed by atoms with van der Waals surface area (Å²) in [6, 6.07) is 16.7. The first-order valence-electron chi connectivity index (χ1n) is 12.7. The number of fused-ring (bicyclic) bond motifs is 1. The third-order valence-electron chi connectivity index (χ3n) is 6.98. The summed E-state index contributed by atoms with van der Waals surface area (Å²) in [5.74, 6) is 0.0745. The van der Waals surface area contributed by atoms with Gasteiger partial charge in [-0.3, -0.25) is 14.5 Å². The molecule has 2 aliphatic heterocycles. The molecule has 8 nitrogen and oxygen atoms in total. The Labute approximate surface area is 227 Å². The van der Waals surface area contributed by atoms with E-state index in [0.29, 0.717) is 53.0 Å². The molecule has 2 aliphatic rings. The van der Waals surface area contributed by atoms with Crippen molar-refractivity contribution >= 4 is 23.1 Å².